The Balaban J connectivity index is 1.71. The van der Waals surface area contributed by atoms with Crippen molar-refractivity contribution >= 4 is 5.91 Å². The van der Waals surface area contributed by atoms with Crippen molar-refractivity contribution in [2.45, 2.75) is 39.8 Å². The van der Waals surface area contributed by atoms with E-state index in [0.717, 1.165) is 23.6 Å². The minimum Gasteiger partial charge on any atom is -0.467 e. The van der Waals surface area contributed by atoms with Gasteiger partial charge in [0.2, 0.25) is 0 Å². The SMILES string of the molecule is CCc1ccc(C(CNC(=O)c2cc(C)n(Cc3ccco3)c2C)N(C)C)cc1. The van der Waals surface area contributed by atoms with Crippen molar-refractivity contribution in [2.24, 2.45) is 0 Å². The molecule has 0 aliphatic rings. The summed E-state index contributed by atoms with van der Waals surface area (Å²) in [5, 5.41) is 3.13. The number of aryl methyl sites for hydroxylation is 2. The largest absolute Gasteiger partial charge is 0.467 e. The molecule has 2 heterocycles. The minimum absolute atomic E-state index is 0.0409. The Morgan fingerprint density at radius 3 is 2.48 bits per heavy atom. The van der Waals surface area contributed by atoms with E-state index in [1.54, 1.807) is 6.26 Å². The number of hydrogen-bond acceptors (Lipinski definition) is 3. The van der Waals surface area contributed by atoms with Gasteiger partial charge in [0.25, 0.3) is 5.91 Å². The van der Waals surface area contributed by atoms with E-state index in [4.69, 9.17) is 4.42 Å². The van der Waals surface area contributed by atoms with Crippen molar-refractivity contribution in [3.8, 4) is 0 Å². The molecule has 1 unspecified atom stereocenters. The number of carbonyl (C=O) groups excluding carboxylic acids is 1. The average molecular weight is 394 g/mol. The molecule has 0 saturated heterocycles. The first-order valence-corrected chi connectivity index (χ1v) is 10.1. The Morgan fingerprint density at radius 2 is 1.90 bits per heavy atom. The molecular weight excluding hydrogens is 362 g/mol. The van der Waals surface area contributed by atoms with Crippen molar-refractivity contribution in [2.75, 3.05) is 20.6 Å². The molecule has 0 bridgehead atoms. The predicted molar refractivity (Wildman–Crippen MR) is 116 cm³/mol. The maximum atomic E-state index is 12.9. The number of amides is 1. The van der Waals surface area contributed by atoms with Crippen LogP contribution in [-0.2, 0) is 13.0 Å². The highest BCUT2D eigenvalue weighted by atomic mass is 16.3. The Kier molecular flexibility index (Phi) is 6.60. The van der Waals surface area contributed by atoms with E-state index < -0.39 is 0 Å². The Labute approximate surface area is 173 Å². The first kappa shape index (κ1) is 20.9. The molecule has 0 radical (unpaired) electrons. The molecule has 5 nitrogen and oxygen atoms in total. The van der Waals surface area contributed by atoms with Crippen LogP contribution in [0.3, 0.4) is 0 Å². The quantitative estimate of drug-likeness (QED) is 0.619. The highest BCUT2D eigenvalue weighted by Crippen LogP contribution is 2.20. The van der Waals surface area contributed by atoms with E-state index in [-0.39, 0.29) is 11.9 Å². The van der Waals surface area contributed by atoms with Crippen LogP contribution in [0.4, 0.5) is 0 Å². The second-order valence-corrected chi connectivity index (χ2v) is 7.73. The number of benzene rings is 1. The zero-order valence-electron chi connectivity index (χ0n) is 18.0. The number of likely N-dealkylation sites (N-methyl/N-ethyl adjacent to an activating group) is 1. The summed E-state index contributed by atoms with van der Waals surface area (Å²) in [4.78, 5) is 15.1. The molecule has 3 rings (SSSR count). The molecule has 1 amide bonds. The van der Waals surface area contributed by atoms with Gasteiger partial charge >= 0.3 is 0 Å². The van der Waals surface area contributed by atoms with Gasteiger partial charge in [-0.3, -0.25) is 4.79 Å². The predicted octanol–water partition coefficient (Wildman–Crippen LogP) is 4.34. The van der Waals surface area contributed by atoms with Crippen molar-refractivity contribution in [1.82, 2.24) is 14.8 Å². The third kappa shape index (κ3) is 4.80. The summed E-state index contributed by atoms with van der Waals surface area (Å²) in [5.41, 5.74) is 5.23. The molecule has 0 aliphatic carbocycles. The Bertz CT molecular complexity index is 937. The van der Waals surface area contributed by atoms with Gasteiger partial charge in [0, 0.05) is 17.9 Å². The maximum Gasteiger partial charge on any atom is 0.253 e. The number of carbonyl (C=O) groups is 1. The summed E-state index contributed by atoms with van der Waals surface area (Å²) in [6.45, 7) is 7.34. The van der Waals surface area contributed by atoms with Crippen molar-refractivity contribution in [3.63, 3.8) is 0 Å². The molecule has 0 aliphatic heterocycles. The zero-order valence-corrected chi connectivity index (χ0v) is 18.0. The van der Waals surface area contributed by atoms with Gasteiger partial charge in [-0.2, -0.15) is 0 Å². The lowest BCUT2D eigenvalue weighted by Gasteiger charge is -2.25. The monoisotopic (exact) mass is 393 g/mol. The number of nitrogens with one attached hydrogen (secondary N) is 1. The molecule has 0 spiro atoms. The molecule has 1 atom stereocenters. The second-order valence-electron chi connectivity index (χ2n) is 7.73. The van der Waals surface area contributed by atoms with Crippen LogP contribution in [0, 0.1) is 13.8 Å². The zero-order chi connectivity index (χ0) is 21.0. The van der Waals surface area contributed by atoms with E-state index in [2.05, 4.69) is 46.0 Å². The number of aromatic nitrogens is 1. The van der Waals surface area contributed by atoms with Crippen molar-refractivity contribution < 1.29 is 9.21 Å². The van der Waals surface area contributed by atoms with Crippen LogP contribution < -0.4 is 5.32 Å². The van der Waals surface area contributed by atoms with E-state index in [9.17, 15) is 4.79 Å². The van der Waals surface area contributed by atoms with Crippen LogP contribution in [0.5, 0.6) is 0 Å². The fourth-order valence-electron chi connectivity index (χ4n) is 3.69. The van der Waals surface area contributed by atoms with E-state index >= 15 is 0 Å². The summed E-state index contributed by atoms with van der Waals surface area (Å²) in [6.07, 6.45) is 2.70. The molecule has 1 aromatic carbocycles. The van der Waals surface area contributed by atoms with Crippen molar-refractivity contribution in [3.05, 3.63) is 82.6 Å². The summed E-state index contributed by atoms with van der Waals surface area (Å²) >= 11 is 0. The number of hydrogen-bond donors (Lipinski definition) is 1. The minimum atomic E-state index is -0.0409. The molecule has 29 heavy (non-hydrogen) atoms. The highest BCUT2D eigenvalue weighted by Gasteiger charge is 2.19. The first-order valence-electron chi connectivity index (χ1n) is 10.1. The van der Waals surface area contributed by atoms with Crippen LogP contribution in [-0.4, -0.2) is 36.0 Å². The van der Waals surface area contributed by atoms with Gasteiger partial charge in [0.05, 0.1) is 24.4 Å². The van der Waals surface area contributed by atoms with Crippen LogP contribution in [0.15, 0.2) is 53.1 Å². The first-order chi connectivity index (χ1) is 13.9. The lowest BCUT2D eigenvalue weighted by Crippen LogP contribution is -2.34. The molecule has 3 aromatic rings. The molecular formula is C24H31N3O2. The van der Waals surface area contributed by atoms with E-state index in [1.807, 2.05) is 46.1 Å². The summed E-state index contributed by atoms with van der Waals surface area (Å²) < 4.78 is 7.57. The van der Waals surface area contributed by atoms with E-state index in [0.29, 0.717) is 18.7 Å². The topological polar surface area (TPSA) is 50.4 Å². The molecule has 1 N–H and O–H groups in total. The molecule has 0 saturated carbocycles. The van der Waals surface area contributed by atoms with Gasteiger partial charge in [0.1, 0.15) is 5.76 Å². The van der Waals surface area contributed by atoms with Gasteiger partial charge in [-0.25, -0.2) is 0 Å². The molecule has 5 heteroatoms. The number of nitrogens with zero attached hydrogens (tertiary/aromatic N) is 2. The fraction of sp³-hybridized carbons (Fsp3) is 0.375. The highest BCUT2D eigenvalue weighted by molar-refractivity contribution is 5.95. The standard InChI is InChI=1S/C24H31N3O2/c1-6-19-9-11-20(12-10-19)23(26(4)5)15-25-24(28)22-14-17(2)27(18(22)3)16-21-8-7-13-29-21/h7-14,23H,6,15-16H2,1-5H3,(H,25,28). The maximum absolute atomic E-state index is 12.9. The number of furan rings is 1. The smallest absolute Gasteiger partial charge is 0.253 e. The summed E-state index contributed by atoms with van der Waals surface area (Å²) in [6, 6.07) is 14.5. The van der Waals surface area contributed by atoms with Crippen LogP contribution in [0.2, 0.25) is 0 Å². The normalized spacial score (nSPS) is 12.3. The Hall–Kier alpha value is -2.79. The lowest BCUT2D eigenvalue weighted by molar-refractivity contribution is 0.0941. The number of rotatable bonds is 8. The third-order valence-electron chi connectivity index (χ3n) is 5.56. The van der Waals surface area contributed by atoms with E-state index in [1.165, 1.54) is 11.1 Å². The van der Waals surface area contributed by atoms with Gasteiger partial charge < -0.3 is 19.2 Å². The molecule has 2 aromatic heterocycles. The lowest BCUT2D eigenvalue weighted by atomic mass is 10.0. The average Bonchev–Trinajstić information content (AvgIpc) is 3.32. The van der Waals surface area contributed by atoms with Gasteiger partial charge in [-0.05, 0) is 63.7 Å². The molecule has 154 valence electrons. The fourth-order valence-corrected chi connectivity index (χ4v) is 3.69. The van der Waals surface area contributed by atoms with Crippen LogP contribution >= 0.6 is 0 Å². The second kappa shape index (κ2) is 9.14. The Morgan fingerprint density at radius 1 is 1.17 bits per heavy atom. The van der Waals surface area contributed by atoms with Gasteiger partial charge in [0.15, 0.2) is 0 Å². The van der Waals surface area contributed by atoms with Gasteiger partial charge in [-0.1, -0.05) is 31.2 Å². The summed E-state index contributed by atoms with van der Waals surface area (Å²) in [7, 11) is 4.08. The van der Waals surface area contributed by atoms with Crippen LogP contribution in [0.25, 0.3) is 0 Å². The van der Waals surface area contributed by atoms with Gasteiger partial charge in [-0.15, -0.1) is 0 Å². The summed E-state index contributed by atoms with van der Waals surface area (Å²) in [5.74, 6) is 0.836. The van der Waals surface area contributed by atoms with Crippen LogP contribution in [0.1, 0.15) is 51.6 Å². The molecule has 0 fully saturated rings. The third-order valence-corrected chi connectivity index (χ3v) is 5.56. The van der Waals surface area contributed by atoms with Crippen molar-refractivity contribution in [1.29, 1.82) is 0 Å².